The molecule has 8 bridgehead atoms. The molecule has 0 amide bonds. The average Bonchev–Trinajstić information content (AvgIpc) is 1.65. The lowest BCUT2D eigenvalue weighted by Gasteiger charge is -2.47. The minimum absolute atomic E-state index is 0.571. The first kappa shape index (κ1) is 95.6. The third-order valence-electron chi connectivity index (χ3n) is 37.1. The van der Waals surface area contributed by atoms with E-state index >= 15 is 0 Å². The molecule has 0 aromatic heterocycles. The first-order chi connectivity index (χ1) is 49.3. The quantitative estimate of drug-likeness (QED) is 0.264. The summed E-state index contributed by atoms with van der Waals surface area (Å²) in [5.74, 6) is 24.9. The van der Waals surface area contributed by atoms with Crippen molar-refractivity contribution in [2.75, 3.05) is 0 Å². The van der Waals surface area contributed by atoms with Gasteiger partial charge in [0.15, 0.2) is 0 Å². The molecule has 0 heterocycles. The Bertz CT molecular complexity index is 2140. The molecule has 0 spiro atoms. The molecule has 16 aliphatic rings. The second-order valence-electron chi connectivity index (χ2n) is 46.8. The van der Waals surface area contributed by atoms with Crippen LogP contribution in [0.25, 0.3) is 0 Å². The highest BCUT2D eigenvalue weighted by atomic mass is 14.6. The predicted octanol–water partition coefficient (Wildman–Crippen LogP) is 35.7. The van der Waals surface area contributed by atoms with Crippen LogP contribution >= 0.6 is 0 Å². The third kappa shape index (κ3) is 31.6. The van der Waals surface area contributed by atoms with Crippen molar-refractivity contribution in [2.24, 2.45) is 175 Å². The lowest BCUT2D eigenvalue weighted by Crippen LogP contribution is -2.38. The van der Waals surface area contributed by atoms with Gasteiger partial charge in [0.25, 0.3) is 0 Å². The molecule has 16 saturated carbocycles. The molecule has 12 unspecified atom stereocenters. The van der Waals surface area contributed by atoms with Crippen molar-refractivity contribution in [3.63, 3.8) is 0 Å². The molecule has 0 aromatic rings. The van der Waals surface area contributed by atoms with Crippen molar-refractivity contribution < 1.29 is 0 Å². The van der Waals surface area contributed by atoms with Gasteiger partial charge in [0, 0.05) is 0 Å². The summed E-state index contributed by atoms with van der Waals surface area (Å²) in [6.07, 6.45) is 70.0. The van der Waals surface area contributed by atoms with Gasteiger partial charge >= 0.3 is 0 Å². The van der Waals surface area contributed by atoms with Crippen molar-refractivity contribution in [3.05, 3.63) is 0 Å². The van der Waals surface area contributed by atoms with E-state index in [2.05, 4.69) is 194 Å². The standard InChI is InChI=1S/C11H22.C10H18.2C9H16.3C9H18.C8H14.3C8H16.C7H14/c1-9-10(2,3)7-6-8-11(9,4)5;1-7-8-4-5-9(6-8)10(7,2)3;1-7-5-8-3-4-9(7,2)6-8;1-6-7(2)9-4-3-8(6)5-9;1-8-4-6-9(2,3)7-5-8;1-8-6-4-5-7-9(8,2)3;1-7-5-4-6-8(2)9(7)3;1-6-4-7-2-3-8(6)5-7;1-7-5-3-4-6-8(7)2;1-7(2)8-5-3-4-6-8;1-2-8-6-4-3-5-7-8;1-2-7-5-3-4-6-7/h9H,6-8H2,1-5H3;7-9H,4-6H2,1-3H3;7-8H,3-6H2,1-2H3;6-9H,3-5H2,1-2H3;2*8H,4-7H2,1-3H3;7-9H,4-6H2,1-3H3;6-8H,2-5H2,1H3;2*7-8H,3-6H2,1-2H3;8H,2-7H2,1H3;7H,2-6H2,1H3/t;2*7-,8?,9?;6-,7?,8?,9?;;8-;;6-,7?,8?;7-,8?;;;/m.100.1.01.../s1. The minimum Gasteiger partial charge on any atom is -0.0651 e. The van der Waals surface area contributed by atoms with Crippen LogP contribution in [0.4, 0.5) is 0 Å². The van der Waals surface area contributed by atoms with Gasteiger partial charge in [-0.25, -0.2) is 0 Å². The van der Waals surface area contributed by atoms with Gasteiger partial charge in [0.1, 0.15) is 0 Å². The summed E-state index contributed by atoms with van der Waals surface area (Å²) >= 11 is 0. The fraction of sp³-hybridized carbons (Fsp3) is 1.00. The summed E-state index contributed by atoms with van der Waals surface area (Å²) in [5.41, 5.74) is 3.88. The second kappa shape index (κ2) is 45.9. The number of fused-ring (bicyclic) bond motifs is 8. The molecule has 0 aromatic carbocycles. The van der Waals surface area contributed by atoms with Gasteiger partial charge in [0.2, 0.25) is 0 Å². The van der Waals surface area contributed by atoms with E-state index in [0.717, 1.165) is 147 Å². The zero-order valence-corrected chi connectivity index (χ0v) is 78.1. The largest absolute Gasteiger partial charge is 0.0651 e. The normalized spacial score (nSPS) is 39.1. The Morgan fingerprint density at radius 2 is 0.762 bits per heavy atom. The summed E-state index contributed by atoms with van der Waals surface area (Å²) in [4.78, 5) is 0. The van der Waals surface area contributed by atoms with Gasteiger partial charge in [-0.05, 0) is 290 Å². The molecule has 0 N–H and O–H groups in total. The summed E-state index contributed by atoms with van der Waals surface area (Å²) in [6.45, 7) is 67.2. The molecule has 16 fully saturated rings. The molecule has 0 radical (unpaired) electrons. The maximum atomic E-state index is 2.48. The summed E-state index contributed by atoms with van der Waals surface area (Å²) < 4.78 is 0. The first-order valence-corrected chi connectivity index (χ1v) is 49.3. The van der Waals surface area contributed by atoms with E-state index < -0.39 is 0 Å². The maximum absolute atomic E-state index is 2.48. The summed E-state index contributed by atoms with van der Waals surface area (Å²) in [5, 5.41) is 0. The molecule has 622 valence electrons. The Balaban J connectivity index is 0.000000206. The van der Waals surface area contributed by atoms with Gasteiger partial charge in [-0.1, -0.05) is 380 Å². The average molecular weight is 1460 g/mol. The van der Waals surface area contributed by atoms with Crippen molar-refractivity contribution in [3.8, 4) is 0 Å². The highest BCUT2D eigenvalue weighted by Crippen LogP contribution is 2.60. The minimum atomic E-state index is 0.571. The van der Waals surface area contributed by atoms with Crippen molar-refractivity contribution in [1.82, 2.24) is 0 Å². The van der Waals surface area contributed by atoms with Crippen LogP contribution in [-0.2, 0) is 0 Å². The maximum Gasteiger partial charge on any atom is -0.0297 e. The van der Waals surface area contributed by atoms with Crippen molar-refractivity contribution in [1.29, 1.82) is 0 Å². The monoisotopic (exact) mass is 1460 g/mol. The molecule has 16 rings (SSSR count). The first-order valence-electron chi connectivity index (χ1n) is 49.3. The second-order valence-corrected chi connectivity index (χ2v) is 46.8. The molecule has 16 aliphatic carbocycles. The molecule has 0 aliphatic heterocycles. The molecular formula is C105H202. The molecule has 0 heteroatoms. The zero-order chi connectivity index (χ0) is 78.1. The van der Waals surface area contributed by atoms with Crippen LogP contribution < -0.4 is 0 Å². The Labute approximate surface area is 666 Å². The fourth-order valence-corrected chi connectivity index (χ4v) is 25.1. The Morgan fingerprint density at radius 1 is 0.305 bits per heavy atom. The molecular weight excluding hydrogens is 1260 g/mol. The molecule has 105 heavy (non-hydrogen) atoms. The van der Waals surface area contributed by atoms with Gasteiger partial charge in [-0.15, -0.1) is 0 Å². The van der Waals surface area contributed by atoms with Crippen LogP contribution in [0.1, 0.15) is 496 Å². The molecule has 0 nitrogen and oxygen atoms in total. The predicted molar refractivity (Wildman–Crippen MR) is 474 cm³/mol. The number of hydrogen-bond acceptors (Lipinski definition) is 0. The molecule has 18 atom stereocenters. The highest BCUT2D eigenvalue weighted by molar-refractivity contribution is 5.00. The van der Waals surface area contributed by atoms with Crippen LogP contribution in [0.2, 0.25) is 0 Å². The third-order valence-corrected chi connectivity index (χ3v) is 37.1. The van der Waals surface area contributed by atoms with E-state index in [9.17, 15) is 0 Å². The zero-order valence-electron chi connectivity index (χ0n) is 78.1. The topological polar surface area (TPSA) is 0 Å². The van der Waals surface area contributed by atoms with Crippen LogP contribution in [-0.4, -0.2) is 0 Å². The van der Waals surface area contributed by atoms with E-state index in [0.29, 0.717) is 27.1 Å². The number of hydrogen-bond donors (Lipinski definition) is 0. The van der Waals surface area contributed by atoms with Crippen LogP contribution in [0.3, 0.4) is 0 Å². The Hall–Kier alpha value is 0. The number of rotatable bonds is 3. The SMILES string of the molecule is CC(C)C1CCCC1.CC1C(C)(C)CCCC1(C)C.CC1C2CCC(C2)[C@H]1C.CC1CCC(C)(C)CC1.CC1CCCC(C)C1C.CC1CCCC[C@H]1C.CCC1CCCC1.CCC1CCCCC1.C[C@@H]1C2CCC(C2)C1(C)C.C[C@@H]1CCCCC1(C)C.C[C@H]1CC2CCC1(C)C2.C[C@H]1CC2CCC1C2. The summed E-state index contributed by atoms with van der Waals surface area (Å²) in [7, 11) is 0. The van der Waals surface area contributed by atoms with Crippen LogP contribution in [0.15, 0.2) is 0 Å². The van der Waals surface area contributed by atoms with Crippen LogP contribution in [0.5, 0.6) is 0 Å². The smallest absolute Gasteiger partial charge is 0.0297 e. The van der Waals surface area contributed by atoms with E-state index in [1.165, 1.54) is 270 Å². The fourth-order valence-electron chi connectivity index (χ4n) is 25.1. The van der Waals surface area contributed by atoms with E-state index in [1.54, 1.807) is 32.1 Å². The van der Waals surface area contributed by atoms with Gasteiger partial charge < -0.3 is 0 Å². The van der Waals surface area contributed by atoms with Gasteiger partial charge in [0.05, 0.1) is 0 Å². The van der Waals surface area contributed by atoms with Crippen molar-refractivity contribution >= 4 is 0 Å². The lowest BCUT2D eigenvalue weighted by atomic mass is 9.58. The van der Waals surface area contributed by atoms with Crippen molar-refractivity contribution in [2.45, 2.75) is 496 Å². The summed E-state index contributed by atoms with van der Waals surface area (Å²) in [6, 6.07) is 0. The Kier molecular flexibility index (Phi) is 41.8. The van der Waals surface area contributed by atoms with Gasteiger partial charge in [-0.2, -0.15) is 0 Å². The van der Waals surface area contributed by atoms with E-state index in [-0.39, 0.29) is 0 Å². The van der Waals surface area contributed by atoms with E-state index in [4.69, 9.17) is 0 Å². The molecule has 0 saturated heterocycles. The van der Waals surface area contributed by atoms with Crippen LogP contribution in [0, 0.1) is 175 Å². The lowest BCUT2D eigenvalue weighted by molar-refractivity contribution is 0.0286. The van der Waals surface area contributed by atoms with Gasteiger partial charge in [-0.3, -0.25) is 0 Å². The Morgan fingerprint density at radius 3 is 1.04 bits per heavy atom. The van der Waals surface area contributed by atoms with E-state index in [1.807, 2.05) is 0 Å². The highest BCUT2D eigenvalue weighted by Gasteiger charge is 2.51.